The fraction of sp³-hybridized carbons (Fsp3) is 0.231. The number of H-pyrrole nitrogens is 1. The number of aromatic amines is 1. The minimum atomic E-state index is -0.579. The fourth-order valence-electron chi connectivity index (χ4n) is 1.65. The van der Waals surface area contributed by atoms with E-state index in [1.807, 2.05) is 6.92 Å². The molecular formula is C13H13ClFN3O. The van der Waals surface area contributed by atoms with Crippen LogP contribution in [0.25, 0.3) is 0 Å². The first kappa shape index (κ1) is 13.5. The Morgan fingerprint density at radius 1 is 1.47 bits per heavy atom. The molecule has 2 rings (SSSR count). The van der Waals surface area contributed by atoms with Crippen LogP contribution in [0.3, 0.4) is 0 Å². The number of nitrogens with zero attached hydrogens (tertiary/aromatic N) is 1. The van der Waals surface area contributed by atoms with Crippen molar-refractivity contribution in [3.05, 3.63) is 46.5 Å². The average molecular weight is 282 g/mol. The van der Waals surface area contributed by atoms with Crippen LogP contribution in [0.15, 0.2) is 24.3 Å². The van der Waals surface area contributed by atoms with Crippen LogP contribution in [-0.4, -0.2) is 16.1 Å². The van der Waals surface area contributed by atoms with Gasteiger partial charge in [0.1, 0.15) is 5.82 Å². The van der Waals surface area contributed by atoms with Gasteiger partial charge >= 0.3 is 0 Å². The number of carbonyl (C=O) groups excluding carboxylic acids is 1. The van der Waals surface area contributed by atoms with Crippen molar-refractivity contribution in [1.82, 2.24) is 10.2 Å². The predicted molar refractivity (Wildman–Crippen MR) is 71.9 cm³/mol. The van der Waals surface area contributed by atoms with Crippen molar-refractivity contribution in [3.8, 4) is 0 Å². The van der Waals surface area contributed by atoms with E-state index < -0.39 is 11.7 Å². The van der Waals surface area contributed by atoms with Crippen molar-refractivity contribution < 1.29 is 9.18 Å². The summed E-state index contributed by atoms with van der Waals surface area (Å²) in [4.78, 5) is 11.9. The molecule has 2 aromatic rings. The Balaban J connectivity index is 2.11. The van der Waals surface area contributed by atoms with Crippen LogP contribution in [0.2, 0.25) is 5.02 Å². The Morgan fingerprint density at radius 3 is 2.95 bits per heavy atom. The molecule has 0 saturated heterocycles. The number of anilines is 1. The number of nitrogens with one attached hydrogen (secondary N) is 2. The van der Waals surface area contributed by atoms with Gasteiger partial charge in [0.2, 0.25) is 0 Å². The van der Waals surface area contributed by atoms with Crippen molar-refractivity contribution in [3.63, 3.8) is 0 Å². The zero-order valence-corrected chi connectivity index (χ0v) is 11.1. The second-order valence-corrected chi connectivity index (χ2v) is 4.54. The van der Waals surface area contributed by atoms with Crippen molar-refractivity contribution in [2.24, 2.45) is 0 Å². The number of rotatable bonds is 4. The van der Waals surface area contributed by atoms with Gasteiger partial charge in [0, 0.05) is 10.7 Å². The van der Waals surface area contributed by atoms with E-state index in [0.717, 1.165) is 24.6 Å². The van der Waals surface area contributed by atoms with Gasteiger partial charge in [-0.15, -0.1) is 0 Å². The maximum Gasteiger partial charge on any atom is 0.276 e. The zero-order valence-electron chi connectivity index (χ0n) is 10.3. The molecular weight excluding hydrogens is 269 g/mol. The zero-order chi connectivity index (χ0) is 13.8. The van der Waals surface area contributed by atoms with Gasteiger partial charge in [-0.1, -0.05) is 24.9 Å². The Bertz CT molecular complexity index is 597. The molecule has 1 amide bonds. The molecule has 0 saturated carbocycles. The second kappa shape index (κ2) is 5.84. The van der Waals surface area contributed by atoms with E-state index in [1.165, 1.54) is 12.1 Å². The van der Waals surface area contributed by atoms with Crippen LogP contribution >= 0.6 is 11.6 Å². The van der Waals surface area contributed by atoms with E-state index in [0.29, 0.717) is 0 Å². The van der Waals surface area contributed by atoms with E-state index in [1.54, 1.807) is 6.07 Å². The van der Waals surface area contributed by atoms with Crippen molar-refractivity contribution >= 4 is 23.2 Å². The molecule has 0 atom stereocenters. The number of hydrogen-bond acceptors (Lipinski definition) is 2. The number of halogens is 2. The molecule has 0 aliphatic rings. The van der Waals surface area contributed by atoms with Crippen LogP contribution in [0, 0.1) is 5.82 Å². The molecule has 0 spiro atoms. The average Bonchev–Trinajstić information content (AvgIpc) is 2.82. The molecule has 0 fully saturated rings. The third kappa shape index (κ3) is 3.32. The van der Waals surface area contributed by atoms with Crippen LogP contribution in [0.5, 0.6) is 0 Å². The van der Waals surface area contributed by atoms with Gasteiger partial charge in [-0.25, -0.2) is 4.39 Å². The molecule has 0 unspecified atom stereocenters. The van der Waals surface area contributed by atoms with E-state index >= 15 is 0 Å². The molecule has 0 aliphatic heterocycles. The van der Waals surface area contributed by atoms with Crippen molar-refractivity contribution in [2.45, 2.75) is 19.8 Å². The van der Waals surface area contributed by atoms with Crippen LogP contribution in [0.1, 0.15) is 29.5 Å². The summed E-state index contributed by atoms with van der Waals surface area (Å²) in [6.07, 6.45) is 1.77. The minimum absolute atomic E-state index is 0.0782. The first-order valence-corrected chi connectivity index (χ1v) is 6.28. The quantitative estimate of drug-likeness (QED) is 0.902. The van der Waals surface area contributed by atoms with Gasteiger partial charge < -0.3 is 5.32 Å². The standard InChI is InChI=1S/C13H13ClFN3O/c1-2-3-9-7-12(18-17-9)13(19)16-11-5-4-8(14)6-10(11)15/h4-7H,2-3H2,1H3,(H,16,19)(H,17,18). The number of amides is 1. The highest BCUT2D eigenvalue weighted by atomic mass is 35.5. The van der Waals surface area contributed by atoms with Gasteiger partial charge in [-0.2, -0.15) is 5.10 Å². The molecule has 1 aromatic heterocycles. The maximum absolute atomic E-state index is 13.5. The molecule has 1 aromatic carbocycles. The molecule has 4 nitrogen and oxygen atoms in total. The summed E-state index contributed by atoms with van der Waals surface area (Å²) in [5.74, 6) is -1.04. The van der Waals surface area contributed by atoms with Crippen molar-refractivity contribution in [2.75, 3.05) is 5.32 Å². The fourth-order valence-corrected chi connectivity index (χ4v) is 1.81. The number of aryl methyl sites for hydroxylation is 1. The van der Waals surface area contributed by atoms with Gasteiger partial charge in [0.05, 0.1) is 5.69 Å². The Kier molecular flexibility index (Phi) is 4.16. The third-order valence-corrected chi connectivity index (χ3v) is 2.80. The van der Waals surface area contributed by atoms with E-state index in [4.69, 9.17) is 11.6 Å². The third-order valence-electron chi connectivity index (χ3n) is 2.56. The van der Waals surface area contributed by atoms with Crippen LogP contribution in [-0.2, 0) is 6.42 Å². The smallest absolute Gasteiger partial charge is 0.276 e. The highest BCUT2D eigenvalue weighted by Gasteiger charge is 2.12. The molecule has 1 heterocycles. The number of hydrogen-bond donors (Lipinski definition) is 2. The minimum Gasteiger partial charge on any atom is -0.318 e. The topological polar surface area (TPSA) is 57.8 Å². The lowest BCUT2D eigenvalue weighted by atomic mass is 10.2. The molecule has 19 heavy (non-hydrogen) atoms. The summed E-state index contributed by atoms with van der Waals surface area (Å²) in [6.45, 7) is 2.03. The first-order valence-electron chi connectivity index (χ1n) is 5.91. The number of carbonyl (C=O) groups is 1. The van der Waals surface area contributed by atoms with Gasteiger partial charge in [-0.3, -0.25) is 9.89 Å². The molecule has 0 aliphatic carbocycles. The van der Waals surface area contributed by atoms with Crippen molar-refractivity contribution in [1.29, 1.82) is 0 Å². The number of benzene rings is 1. The van der Waals surface area contributed by atoms with Gasteiger partial charge in [0.25, 0.3) is 5.91 Å². The lowest BCUT2D eigenvalue weighted by Crippen LogP contribution is -2.13. The van der Waals surface area contributed by atoms with Crippen LogP contribution < -0.4 is 5.32 Å². The summed E-state index contributed by atoms with van der Waals surface area (Å²) in [7, 11) is 0. The Labute approximate surface area is 115 Å². The van der Waals surface area contributed by atoms with Gasteiger partial charge in [-0.05, 0) is 30.7 Å². The van der Waals surface area contributed by atoms with Gasteiger partial charge in [0.15, 0.2) is 5.69 Å². The summed E-state index contributed by atoms with van der Waals surface area (Å²) < 4.78 is 13.5. The predicted octanol–water partition coefficient (Wildman–Crippen LogP) is 3.41. The molecule has 6 heteroatoms. The summed E-state index contributed by atoms with van der Waals surface area (Å²) >= 11 is 5.64. The largest absolute Gasteiger partial charge is 0.318 e. The Hall–Kier alpha value is -1.88. The SMILES string of the molecule is CCCc1cc(C(=O)Nc2ccc(Cl)cc2F)n[nH]1. The molecule has 0 radical (unpaired) electrons. The monoisotopic (exact) mass is 281 g/mol. The summed E-state index contributed by atoms with van der Waals surface area (Å²) in [6, 6.07) is 5.72. The first-order chi connectivity index (χ1) is 9.10. The Morgan fingerprint density at radius 2 is 2.26 bits per heavy atom. The number of aromatic nitrogens is 2. The summed E-state index contributed by atoms with van der Waals surface area (Å²) in [5.41, 5.74) is 1.19. The van der Waals surface area contributed by atoms with E-state index in [-0.39, 0.29) is 16.4 Å². The van der Waals surface area contributed by atoms with Crippen LogP contribution in [0.4, 0.5) is 10.1 Å². The van der Waals surface area contributed by atoms with E-state index in [9.17, 15) is 9.18 Å². The highest BCUT2D eigenvalue weighted by Crippen LogP contribution is 2.19. The molecule has 2 N–H and O–H groups in total. The molecule has 100 valence electrons. The lowest BCUT2D eigenvalue weighted by Gasteiger charge is -2.04. The normalized spacial score (nSPS) is 10.5. The van der Waals surface area contributed by atoms with E-state index in [2.05, 4.69) is 15.5 Å². The second-order valence-electron chi connectivity index (χ2n) is 4.11. The lowest BCUT2D eigenvalue weighted by molar-refractivity contribution is 0.102. The summed E-state index contributed by atoms with van der Waals surface area (Å²) in [5, 5.41) is 9.40. The highest BCUT2D eigenvalue weighted by molar-refractivity contribution is 6.30. The molecule has 0 bridgehead atoms. The maximum atomic E-state index is 13.5.